The zero-order valence-electron chi connectivity index (χ0n) is 7.43. The maximum Gasteiger partial charge on any atom is 0.341 e. The predicted molar refractivity (Wildman–Crippen MR) is 50.6 cm³/mol. The van der Waals surface area contributed by atoms with Gasteiger partial charge in [-0.15, -0.1) is 12.4 Å². The molecule has 2 aromatic rings. The highest BCUT2D eigenvalue weighted by molar-refractivity contribution is 5.85. The van der Waals surface area contributed by atoms with Crippen molar-refractivity contribution in [2.45, 2.75) is 13.5 Å². The average Bonchev–Trinajstić information content (AvgIpc) is 2.48. The molecule has 0 amide bonds. The molecule has 0 unspecified atom stereocenters. The van der Waals surface area contributed by atoms with E-state index in [2.05, 4.69) is 14.8 Å². The van der Waals surface area contributed by atoms with E-state index in [1.165, 1.54) is 0 Å². The first-order chi connectivity index (χ1) is 6.22. The van der Waals surface area contributed by atoms with Gasteiger partial charge in [0.2, 0.25) is 5.52 Å². The number of nitrogens with two attached hydrogens (primary N) is 1. The third kappa shape index (κ3) is 1.49. The number of halogens is 1. The number of pyridine rings is 1. The first-order valence-electron chi connectivity index (χ1n) is 3.78. The van der Waals surface area contributed by atoms with Crippen molar-refractivity contribution in [1.82, 2.24) is 10.1 Å². The summed E-state index contributed by atoms with van der Waals surface area (Å²) in [6, 6.07) is 1.74. The lowest BCUT2D eigenvalue weighted by atomic mass is 10.2. The molecule has 2 aromatic heterocycles. The van der Waals surface area contributed by atoms with Crippen LogP contribution in [0.4, 0.5) is 0 Å². The van der Waals surface area contributed by atoms with Crippen LogP contribution in [-0.2, 0) is 6.54 Å². The molecule has 0 aliphatic carbocycles. The highest BCUT2D eigenvalue weighted by Gasteiger charge is 2.14. The average molecular weight is 217 g/mol. The first kappa shape index (κ1) is 10.7. The van der Waals surface area contributed by atoms with Crippen molar-refractivity contribution in [3.05, 3.63) is 22.5 Å². The third-order valence-electron chi connectivity index (χ3n) is 1.81. The molecule has 2 heterocycles. The monoisotopic (exact) mass is 216 g/mol. The second-order valence-corrected chi connectivity index (χ2v) is 2.74. The molecule has 0 saturated carbocycles. The van der Waals surface area contributed by atoms with Crippen molar-refractivity contribution in [2.24, 2.45) is 5.73 Å². The molecule has 0 aromatic carbocycles. The second-order valence-electron chi connectivity index (χ2n) is 2.74. The van der Waals surface area contributed by atoms with Gasteiger partial charge in [0.25, 0.3) is 0 Å². The largest absolute Gasteiger partial charge is 0.359 e. The van der Waals surface area contributed by atoms with Crippen molar-refractivity contribution in [1.29, 1.82) is 0 Å². The van der Waals surface area contributed by atoms with Crippen LogP contribution in [0.15, 0.2) is 10.7 Å². The van der Waals surface area contributed by atoms with E-state index in [9.17, 15) is 5.21 Å². The lowest BCUT2D eigenvalue weighted by Gasteiger charge is -1.95. The molecule has 0 aliphatic heterocycles. The summed E-state index contributed by atoms with van der Waals surface area (Å²) in [7, 11) is 0. The van der Waals surface area contributed by atoms with Gasteiger partial charge >= 0.3 is 5.65 Å². The number of aromatic nitrogens is 3. The van der Waals surface area contributed by atoms with Crippen molar-refractivity contribution >= 4 is 23.6 Å². The van der Waals surface area contributed by atoms with Gasteiger partial charge in [0.15, 0.2) is 0 Å². The van der Waals surface area contributed by atoms with Gasteiger partial charge in [-0.05, 0) is 17.9 Å². The van der Waals surface area contributed by atoms with Gasteiger partial charge in [-0.1, -0.05) is 0 Å². The van der Waals surface area contributed by atoms with Gasteiger partial charge in [-0.2, -0.15) is 0 Å². The third-order valence-corrected chi connectivity index (χ3v) is 1.81. The summed E-state index contributed by atoms with van der Waals surface area (Å²) in [5, 5.41) is 14.5. The Morgan fingerprint density at radius 2 is 2.36 bits per heavy atom. The quantitative estimate of drug-likeness (QED) is 0.680. The van der Waals surface area contributed by atoms with Crippen LogP contribution < -0.4 is 10.6 Å². The fourth-order valence-electron chi connectivity index (χ4n) is 1.23. The van der Waals surface area contributed by atoms with E-state index in [0.717, 1.165) is 5.56 Å². The van der Waals surface area contributed by atoms with Crippen LogP contribution in [0.2, 0.25) is 0 Å². The smallest absolute Gasteiger partial charge is 0.341 e. The van der Waals surface area contributed by atoms with Crippen LogP contribution in [0.1, 0.15) is 11.3 Å². The van der Waals surface area contributed by atoms with Gasteiger partial charge in [-0.25, -0.2) is 4.98 Å². The molecule has 76 valence electrons. The molecule has 0 radical (unpaired) electrons. The van der Waals surface area contributed by atoms with E-state index in [4.69, 9.17) is 5.73 Å². The summed E-state index contributed by atoms with van der Waals surface area (Å²) in [6.07, 6.45) is 0. The Bertz CT molecular complexity index is 456. The van der Waals surface area contributed by atoms with Crippen LogP contribution in [0.5, 0.6) is 0 Å². The molecule has 2 rings (SSSR count). The van der Waals surface area contributed by atoms with Crippen LogP contribution in [0, 0.1) is 12.1 Å². The summed E-state index contributed by atoms with van der Waals surface area (Å²) in [5.41, 5.74) is 7.53. The maximum absolute atomic E-state index is 11.0. The van der Waals surface area contributed by atoms with Crippen molar-refractivity contribution in [2.75, 3.05) is 0 Å². The van der Waals surface area contributed by atoms with Crippen molar-refractivity contribution in [3.63, 3.8) is 0 Å². The van der Waals surface area contributed by atoms with Gasteiger partial charge in [0, 0.05) is 12.1 Å². The molecule has 0 spiro atoms. The highest BCUT2D eigenvalue weighted by Crippen LogP contribution is 2.11. The van der Waals surface area contributed by atoms with Crippen molar-refractivity contribution in [3.8, 4) is 0 Å². The summed E-state index contributed by atoms with van der Waals surface area (Å²) >= 11 is 0. The standard InChI is InChI=1S/C7H8N4O2.ClH/c1-4-2-5(3-8)9-7-6(4)11(12)13-10-7;/h2H,3,8H2,1H3;1H. The molecule has 14 heavy (non-hydrogen) atoms. The molecule has 2 N–H and O–H groups in total. The Balaban J connectivity index is 0.000000980. The molecule has 7 heteroatoms. The lowest BCUT2D eigenvalue weighted by Crippen LogP contribution is -2.23. The Hall–Kier alpha value is -1.40. The minimum Gasteiger partial charge on any atom is -0.359 e. The van der Waals surface area contributed by atoms with E-state index in [-0.39, 0.29) is 12.4 Å². The van der Waals surface area contributed by atoms with E-state index in [1.807, 2.05) is 0 Å². The highest BCUT2D eigenvalue weighted by atomic mass is 35.5. The molecule has 6 nitrogen and oxygen atoms in total. The second kappa shape index (κ2) is 3.77. The van der Waals surface area contributed by atoms with Gasteiger partial charge in [0.1, 0.15) is 0 Å². The van der Waals surface area contributed by atoms with E-state index >= 15 is 0 Å². The SMILES string of the molecule is Cc1cc(CN)nc2no[n+]([O-])c12.Cl. The number of nitrogens with zero attached hydrogens (tertiary/aromatic N) is 3. The van der Waals surface area contributed by atoms with E-state index in [0.29, 0.717) is 28.3 Å². The molecule has 0 fully saturated rings. The molecule has 0 bridgehead atoms. The summed E-state index contributed by atoms with van der Waals surface area (Å²) in [6.45, 7) is 2.11. The van der Waals surface area contributed by atoms with Crippen LogP contribution in [-0.4, -0.2) is 10.1 Å². The normalized spacial score (nSPS) is 10.1. The van der Waals surface area contributed by atoms with Crippen LogP contribution >= 0.6 is 12.4 Å². The van der Waals surface area contributed by atoms with Crippen LogP contribution in [0.25, 0.3) is 11.2 Å². The van der Waals surface area contributed by atoms with Crippen LogP contribution in [0.3, 0.4) is 0 Å². The topological polar surface area (TPSA) is 91.9 Å². The summed E-state index contributed by atoms with van der Waals surface area (Å²) in [4.78, 5) is 4.37. The minimum absolute atomic E-state index is 0. The summed E-state index contributed by atoms with van der Waals surface area (Å²) in [5.74, 6) is 0. The fourth-order valence-corrected chi connectivity index (χ4v) is 1.23. The molecule has 0 aliphatic rings. The Labute approximate surface area is 85.7 Å². The molecular weight excluding hydrogens is 208 g/mol. The Kier molecular flexibility index (Phi) is 2.87. The Morgan fingerprint density at radius 3 is 3.00 bits per heavy atom. The number of aryl methyl sites for hydroxylation is 1. The first-order valence-corrected chi connectivity index (χ1v) is 3.78. The minimum atomic E-state index is 0. The number of rotatable bonds is 1. The number of hydrogen-bond acceptors (Lipinski definition) is 5. The fraction of sp³-hybridized carbons (Fsp3) is 0.286. The van der Waals surface area contributed by atoms with Gasteiger partial charge in [0.05, 0.1) is 10.9 Å². The Morgan fingerprint density at radius 1 is 1.64 bits per heavy atom. The van der Waals surface area contributed by atoms with Crippen molar-refractivity contribution < 1.29 is 9.53 Å². The number of hydrogen-bond donors (Lipinski definition) is 1. The van der Waals surface area contributed by atoms with Gasteiger partial charge < -0.3 is 10.9 Å². The zero-order chi connectivity index (χ0) is 9.42. The molecular formula is C7H9ClN4O2. The lowest BCUT2D eigenvalue weighted by molar-refractivity contribution is -0.782. The zero-order valence-corrected chi connectivity index (χ0v) is 8.24. The maximum atomic E-state index is 11.0. The molecule has 0 saturated heterocycles. The van der Waals surface area contributed by atoms with E-state index < -0.39 is 0 Å². The predicted octanol–water partition coefficient (Wildman–Crippen LogP) is 0.0451. The van der Waals surface area contributed by atoms with Gasteiger partial charge in [-0.3, -0.25) is 4.63 Å². The number of fused-ring (bicyclic) bond motifs is 1. The summed E-state index contributed by atoms with van der Waals surface area (Å²) < 4.78 is 4.40. The molecule has 0 atom stereocenters. The van der Waals surface area contributed by atoms with E-state index in [1.54, 1.807) is 13.0 Å².